The normalized spacial score (nSPS) is 18.8. The van der Waals surface area contributed by atoms with Crippen molar-refractivity contribution in [3.63, 3.8) is 0 Å². The zero-order valence-corrected chi connectivity index (χ0v) is 18.6. The molecule has 1 N–H and O–H groups in total. The number of aromatic nitrogens is 3. The van der Waals surface area contributed by atoms with E-state index in [2.05, 4.69) is 66.8 Å². The topological polar surface area (TPSA) is 52.0 Å². The summed E-state index contributed by atoms with van der Waals surface area (Å²) in [6.07, 6.45) is 1.76. The van der Waals surface area contributed by atoms with Crippen LogP contribution in [-0.2, 0) is 0 Å². The van der Waals surface area contributed by atoms with Gasteiger partial charge in [0.1, 0.15) is 17.9 Å². The van der Waals surface area contributed by atoms with Crippen molar-refractivity contribution in [3.8, 4) is 5.75 Å². The summed E-state index contributed by atoms with van der Waals surface area (Å²) in [7, 11) is 0. The van der Waals surface area contributed by atoms with Gasteiger partial charge in [0.15, 0.2) is 0 Å². The highest BCUT2D eigenvalue weighted by Gasteiger charge is 2.41. The Kier molecular flexibility index (Phi) is 4.54. The van der Waals surface area contributed by atoms with Gasteiger partial charge in [-0.05, 0) is 36.4 Å². The van der Waals surface area contributed by atoms with Gasteiger partial charge in [-0.25, -0.2) is 4.68 Å². The van der Waals surface area contributed by atoms with Crippen molar-refractivity contribution in [2.24, 2.45) is 0 Å². The van der Waals surface area contributed by atoms with Gasteiger partial charge >= 0.3 is 0 Å². The van der Waals surface area contributed by atoms with Crippen LogP contribution >= 0.6 is 11.8 Å². The molecule has 6 rings (SSSR count). The van der Waals surface area contributed by atoms with Crippen LogP contribution in [0.3, 0.4) is 0 Å². The molecular weight excluding hydrogens is 416 g/mol. The second kappa shape index (κ2) is 7.57. The Balaban J connectivity index is 1.63. The maximum atomic E-state index is 6.65. The van der Waals surface area contributed by atoms with Gasteiger partial charge in [-0.15, -0.1) is 5.10 Å². The third-order valence-corrected chi connectivity index (χ3v) is 6.58. The van der Waals surface area contributed by atoms with Crippen LogP contribution in [-0.4, -0.2) is 21.0 Å². The van der Waals surface area contributed by atoms with Gasteiger partial charge in [0.05, 0.1) is 5.70 Å². The van der Waals surface area contributed by atoms with Crippen LogP contribution in [0, 0.1) is 6.92 Å². The molecule has 2 atom stereocenters. The van der Waals surface area contributed by atoms with E-state index >= 15 is 0 Å². The summed E-state index contributed by atoms with van der Waals surface area (Å²) in [5, 5.41) is 9.18. The molecule has 0 saturated carbocycles. The zero-order chi connectivity index (χ0) is 21.7. The monoisotopic (exact) mass is 438 g/mol. The van der Waals surface area contributed by atoms with Crippen molar-refractivity contribution in [2.75, 3.05) is 11.6 Å². The van der Waals surface area contributed by atoms with Gasteiger partial charge in [-0.2, -0.15) is 4.98 Å². The molecule has 1 aromatic heterocycles. The summed E-state index contributed by atoms with van der Waals surface area (Å²) in [6.45, 7) is 2.11. The highest BCUT2D eigenvalue weighted by atomic mass is 32.2. The van der Waals surface area contributed by atoms with Crippen molar-refractivity contribution >= 4 is 23.4 Å². The van der Waals surface area contributed by atoms with Gasteiger partial charge in [0, 0.05) is 11.1 Å². The second-order valence-corrected chi connectivity index (χ2v) is 8.81. The summed E-state index contributed by atoms with van der Waals surface area (Å²) in [5.41, 5.74) is 6.74. The van der Waals surface area contributed by atoms with Crippen molar-refractivity contribution in [3.05, 3.63) is 107 Å². The van der Waals surface area contributed by atoms with Crippen molar-refractivity contribution in [2.45, 2.75) is 24.2 Å². The van der Waals surface area contributed by atoms with Gasteiger partial charge in [-0.3, -0.25) is 0 Å². The minimum absolute atomic E-state index is 0.131. The average molecular weight is 439 g/mol. The summed E-state index contributed by atoms with van der Waals surface area (Å²) in [4.78, 5) is 4.75. The van der Waals surface area contributed by atoms with Crippen LogP contribution in [0.4, 0.5) is 5.95 Å². The number of hydrogen-bond donors (Lipinski definition) is 1. The first-order valence-corrected chi connectivity index (χ1v) is 11.8. The molecular formula is C26H22N4OS. The Labute approximate surface area is 191 Å². The molecule has 4 aromatic rings. The lowest BCUT2D eigenvalue weighted by Crippen LogP contribution is -2.32. The molecule has 0 aliphatic carbocycles. The van der Waals surface area contributed by atoms with Crippen LogP contribution in [0.5, 0.6) is 5.75 Å². The lowest BCUT2D eigenvalue weighted by Gasteiger charge is -2.38. The third-order valence-electron chi connectivity index (χ3n) is 6.04. The molecule has 6 heteroatoms. The first-order valence-electron chi connectivity index (χ1n) is 10.6. The number of rotatable bonds is 3. The van der Waals surface area contributed by atoms with E-state index in [0.717, 1.165) is 44.8 Å². The van der Waals surface area contributed by atoms with E-state index in [4.69, 9.17) is 14.8 Å². The maximum Gasteiger partial charge on any atom is 0.227 e. The van der Waals surface area contributed by atoms with Crippen LogP contribution < -0.4 is 10.1 Å². The Morgan fingerprint density at radius 1 is 0.906 bits per heavy atom. The second-order valence-electron chi connectivity index (χ2n) is 8.04. The smallest absolute Gasteiger partial charge is 0.227 e. The highest BCUT2D eigenvalue weighted by Crippen LogP contribution is 2.50. The van der Waals surface area contributed by atoms with E-state index in [1.54, 1.807) is 11.8 Å². The fourth-order valence-corrected chi connectivity index (χ4v) is 4.86. The molecule has 0 radical (unpaired) electrons. The summed E-state index contributed by atoms with van der Waals surface area (Å²) in [6, 6.07) is 27.1. The van der Waals surface area contributed by atoms with E-state index in [9.17, 15) is 0 Å². The Hall–Kier alpha value is -3.51. The number of anilines is 1. The van der Waals surface area contributed by atoms with E-state index in [1.165, 1.54) is 5.56 Å². The maximum absolute atomic E-state index is 6.65. The van der Waals surface area contributed by atoms with Gasteiger partial charge in [0.2, 0.25) is 11.1 Å². The molecule has 0 bridgehead atoms. The van der Waals surface area contributed by atoms with Crippen LogP contribution in [0.1, 0.15) is 34.4 Å². The van der Waals surface area contributed by atoms with Crippen molar-refractivity contribution in [1.29, 1.82) is 0 Å². The quantitative estimate of drug-likeness (QED) is 0.406. The van der Waals surface area contributed by atoms with Crippen molar-refractivity contribution in [1.82, 2.24) is 14.8 Å². The number of thioether (sulfide) groups is 1. The Morgan fingerprint density at radius 2 is 1.66 bits per heavy atom. The predicted molar refractivity (Wildman–Crippen MR) is 128 cm³/mol. The molecule has 3 aromatic carbocycles. The molecule has 0 fully saturated rings. The number of nitrogens with zero attached hydrogens (tertiary/aromatic N) is 3. The number of fused-ring (bicyclic) bond motifs is 3. The molecule has 158 valence electrons. The van der Waals surface area contributed by atoms with Crippen LogP contribution in [0.15, 0.2) is 89.6 Å². The highest BCUT2D eigenvalue weighted by molar-refractivity contribution is 7.98. The summed E-state index contributed by atoms with van der Waals surface area (Å²) < 4.78 is 8.65. The molecule has 2 unspecified atom stereocenters. The van der Waals surface area contributed by atoms with E-state index in [0.29, 0.717) is 0 Å². The van der Waals surface area contributed by atoms with Crippen molar-refractivity contribution < 1.29 is 4.74 Å². The third kappa shape index (κ3) is 3.02. The molecule has 32 heavy (non-hydrogen) atoms. The van der Waals surface area contributed by atoms with E-state index in [1.807, 2.05) is 35.2 Å². The molecule has 3 heterocycles. The lowest BCUT2D eigenvalue weighted by molar-refractivity contribution is 0.223. The van der Waals surface area contributed by atoms with Crippen LogP contribution in [0.25, 0.3) is 5.70 Å². The first-order chi connectivity index (χ1) is 15.7. The number of aryl methyl sites for hydroxylation is 1. The molecule has 2 aliphatic heterocycles. The fraction of sp³-hybridized carbons (Fsp3) is 0.154. The zero-order valence-electron chi connectivity index (χ0n) is 17.8. The van der Waals surface area contributed by atoms with E-state index in [-0.39, 0.29) is 12.1 Å². The first kappa shape index (κ1) is 19.2. The van der Waals surface area contributed by atoms with Gasteiger partial charge in [-0.1, -0.05) is 84.1 Å². The minimum atomic E-state index is -0.241. The molecule has 0 spiro atoms. The number of benzene rings is 3. The Morgan fingerprint density at radius 3 is 2.44 bits per heavy atom. The minimum Gasteiger partial charge on any atom is -0.480 e. The Bertz CT molecular complexity index is 1330. The molecule has 5 nitrogen and oxygen atoms in total. The number of hydrogen-bond acceptors (Lipinski definition) is 5. The number of para-hydroxylation sites is 1. The number of nitrogens with one attached hydrogen (secondary N) is 1. The predicted octanol–water partition coefficient (Wildman–Crippen LogP) is 5.87. The summed E-state index contributed by atoms with van der Waals surface area (Å²) >= 11 is 1.55. The van der Waals surface area contributed by atoms with Crippen LogP contribution in [0.2, 0.25) is 0 Å². The SMILES string of the molecule is CSc1nc2n(n1)C(c1ccc(C)cc1)C1=C(N2)c2ccccc2OC1c1ccccc1. The average Bonchev–Trinajstić information content (AvgIpc) is 3.26. The summed E-state index contributed by atoms with van der Waals surface area (Å²) in [5.74, 6) is 1.62. The molecule has 0 amide bonds. The molecule has 2 aliphatic rings. The fourth-order valence-electron chi connectivity index (χ4n) is 4.52. The number of ether oxygens (including phenoxy) is 1. The standard InChI is InChI=1S/C26H22N4OS/c1-16-12-14-17(15-13-16)23-21-22(27-25-28-26(32-2)29-30(23)25)19-10-6-7-11-20(19)31-24(21)18-8-4-3-5-9-18/h3-15,23-24H,1-2H3,(H,27,28,29). The lowest BCUT2D eigenvalue weighted by atomic mass is 9.84. The van der Waals surface area contributed by atoms with E-state index < -0.39 is 0 Å². The van der Waals surface area contributed by atoms with Gasteiger partial charge in [0.25, 0.3) is 0 Å². The largest absolute Gasteiger partial charge is 0.480 e. The molecule has 0 saturated heterocycles. The van der Waals surface area contributed by atoms with Gasteiger partial charge < -0.3 is 10.1 Å².